The van der Waals surface area contributed by atoms with Crippen molar-refractivity contribution in [3.8, 4) is 0 Å². The number of hydrogen-bond donors (Lipinski definition) is 0. The number of benzene rings is 3. The first-order chi connectivity index (χ1) is 9.75. The summed E-state index contributed by atoms with van der Waals surface area (Å²) in [4.78, 5) is 0. The van der Waals surface area contributed by atoms with Crippen molar-refractivity contribution in [1.82, 2.24) is 0 Å². The lowest BCUT2D eigenvalue weighted by atomic mass is 9.93. The second-order valence-corrected chi connectivity index (χ2v) is 5.22. The molecule has 0 spiro atoms. The van der Waals surface area contributed by atoms with Crippen LogP contribution in [-0.2, 0) is 0 Å². The van der Waals surface area contributed by atoms with Crippen LogP contribution in [0, 0.1) is 6.92 Å². The van der Waals surface area contributed by atoms with E-state index in [2.05, 4.69) is 86.7 Å². The molecule has 0 N–H and O–H groups in total. The summed E-state index contributed by atoms with van der Waals surface area (Å²) in [5.74, 6) is 0. The van der Waals surface area contributed by atoms with E-state index in [0.29, 0.717) is 0 Å². The molecule has 0 fully saturated rings. The van der Waals surface area contributed by atoms with Crippen LogP contribution in [0.5, 0.6) is 0 Å². The second kappa shape index (κ2) is 5.34. The molecule has 0 aromatic heterocycles. The van der Waals surface area contributed by atoms with Gasteiger partial charge < -0.3 is 0 Å². The van der Waals surface area contributed by atoms with Gasteiger partial charge in [0.15, 0.2) is 0 Å². The van der Waals surface area contributed by atoms with E-state index in [1.54, 1.807) is 0 Å². The van der Waals surface area contributed by atoms with Crippen LogP contribution in [0.2, 0.25) is 0 Å². The van der Waals surface area contributed by atoms with Crippen LogP contribution in [0.3, 0.4) is 0 Å². The van der Waals surface area contributed by atoms with Crippen LogP contribution in [0.4, 0.5) is 0 Å². The summed E-state index contributed by atoms with van der Waals surface area (Å²) in [6.45, 7) is 4.38. The molecule has 0 saturated heterocycles. The molecule has 0 aliphatic rings. The summed E-state index contributed by atoms with van der Waals surface area (Å²) in [5, 5.41) is 2.63. The average molecular weight is 258 g/mol. The second-order valence-electron chi connectivity index (χ2n) is 5.22. The Hall–Kier alpha value is -2.34. The minimum Gasteiger partial charge on any atom is -0.0622 e. The molecule has 98 valence electrons. The third kappa shape index (κ3) is 2.37. The van der Waals surface area contributed by atoms with Crippen molar-refractivity contribution in [2.75, 3.05) is 0 Å². The van der Waals surface area contributed by atoms with Gasteiger partial charge in [-0.3, -0.25) is 0 Å². The number of allylic oxidation sites excluding steroid dienone is 1. The number of hydrogen-bond acceptors (Lipinski definition) is 0. The van der Waals surface area contributed by atoms with Crippen molar-refractivity contribution >= 4 is 22.4 Å². The van der Waals surface area contributed by atoms with E-state index in [1.807, 2.05) is 0 Å². The van der Waals surface area contributed by atoms with Gasteiger partial charge in [0, 0.05) is 0 Å². The van der Waals surface area contributed by atoms with Crippen molar-refractivity contribution < 1.29 is 0 Å². The van der Waals surface area contributed by atoms with Crippen molar-refractivity contribution in [2.24, 2.45) is 0 Å². The molecule has 0 radical (unpaired) electrons. The molecule has 0 saturated carbocycles. The molecular weight excluding hydrogens is 240 g/mol. The van der Waals surface area contributed by atoms with Gasteiger partial charge in [-0.2, -0.15) is 0 Å². The Kier molecular flexibility index (Phi) is 3.39. The number of rotatable bonds is 2. The lowest BCUT2D eigenvalue weighted by Crippen LogP contribution is -1.88. The Balaban J connectivity index is 2.19. The van der Waals surface area contributed by atoms with Gasteiger partial charge >= 0.3 is 0 Å². The predicted molar refractivity (Wildman–Crippen MR) is 88.7 cm³/mol. The summed E-state index contributed by atoms with van der Waals surface area (Å²) in [6, 6.07) is 23.5. The molecule has 3 aromatic rings. The summed E-state index contributed by atoms with van der Waals surface area (Å²) < 4.78 is 0. The highest BCUT2D eigenvalue weighted by atomic mass is 14.1. The molecule has 0 bridgehead atoms. The van der Waals surface area contributed by atoms with Gasteiger partial charge in [-0.1, -0.05) is 72.8 Å². The van der Waals surface area contributed by atoms with Crippen LogP contribution in [0.25, 0.3) is 22.4 Å². The van der Waals surface area contributed by atoms with Gasteiger partial charge in [0.2, 0.25) is 0 Å². The fraction of sp³-hybridized carbons (Fsp3) is 0.100. The zero-order valence-electron chi connectivity index (χ0n) is 11.9. The van der Waals surface area contributed by atoms with Crippen LogP contribution in [0.1, 0.15) is 23.6 Å². The van der Waals surface area contributed by atoms with Crippen LogP contribution >= 0.6 is 0 Å². The maximum Gasteiger partial charge on any atom is -0.0106 e. The van der Waals surface area contributed by atoms with E-state index in [9.17, 15) is 0 Å². The minimum atomic E-state index is 1.25. The van der Waals surface area contributed by atoms with Crippen molar-refractivity contribution in [3.05, 3.63) is 83.4 Å². The SMILES string of the molecule is C/C(=C\c1ccccc1)c1c(C)ccc2ccccc12. The van der Waals surface area contributed by atoms with Crippen LogP contribution in [-0.4, -0.2) is 0 Å². The van der Waals surface area contributed by atoms with Gasteiger partial charge in [-0.05, 0) is 46.9 Å². The summed E-state index contributed by atoms with van der Waals surface area (Å²) in [7, 11) is 0. The van der Waals surface area contributed by atoms with E-state index >= 15 is 0 Å². The zero-order chi connectivity index (χ0) is 13.9. The zero-order valence-corrected chi connectivity index (χ0v) is 11.9. The Bertz CT molecular complexity index is 764. The lowest BCUT2D eigenvalue weighted by molar-refractivity contribution is 1.45. The van der Waals surface area contributed by atoms with E-state index in [4.69, 9.17) is 0 Å². The summed E-state index contributed by atoms with van der Waals surface area (Å²) in [6.07, 6.45) is 2.26. The maximum atomic E-state index is 2.26. The normalized spacial score (nSPS) is 11.8. The minimum absolute atomic E-state index is 1.25. The molecule has 0 amide bonds. The van der Waals surface area contributed by atoms with E-state index < -0.39 is 0 Å². The van der Waals surface area contributed by atoms with E-state index in [-0.39, 0.29) is 0 Å². The molecule has 3 rings (SSSR count). The first-order valence-corrected chi connectivity index (χ1v) is 6.98. The van der Waals surface area contributed by atoms with Gasteiger partial charge in [0.1, 0.15) is 0 Å². The highest BCUT2D eigenvalue weighted by molar-refractivity contribution is 5.98. The Morgan fingerprint density at radius 1 is 0.800 bits per heavy atom. The first kappa shape index (κ1) is 12.7. The summed E-state index contributed by atoms with van der Waals surface area (Å²) >= 11 is 0. The molecule has 0 unspecified atom stereocenters. The highest BCUT2D eigenvalue weighted by Crippen LogP contribution is 2.29. The fourth-order valence-electron chi connectivity index (χ4n) is 2.78. The topological polar surface area (TPSA) is 0 Å². The van der Waals surface area contributed by atoms with Gasteiger partial charge in [0.05, 0.1) is 0 Å². The Morgan fingerprint density at radius 2 is 1.50 bits per heavy atom. The highest BCUT2D eigenvalue weighted by Gasteiger charge is 2.06. The number of aryl methyl sites for hydroxylation is 1. The monoisotopic (exact) mass is 258 g/mol. The average Bonchev–Trinajstić information content (AvgIpc) is 2.48. The van der Waals surface area contributed by atoms with Crippen LogP contribution < -0.4 is 0 Å². The standard InChI is InChI=1S/C20H18/c1-15-12-13-18-10-6-7-11-19(18)20(15)16(2)14-17-8-4-3-5-9-17/h3-14H,1-2H3/b16-14+. The molecule has 0 aliphatic heterocycles. The molecule has 0 atom stereocenters. The third-order valence-corrected chi connectivity index (χ3v) is 3.71. The smallest absolute Gasteiger partial charge is 0.0106 e. The van der Waals surface area contributed by atoms with Crippen molar-refractivity contribution in [1.29, 1.82) is 0 Å². The predicted octanol–water partition coefficient (Wildman–Crippen LogP) is 5.71. The van der Waals surface area contributed by atoms with Gasteiger partial charge in [-0.15, -0.1) is 0 Å². The van der Waals surface area contributed by atoms with Gasteiger partial charge in [0.25, 0.3) is 0 Å². The molecule has 20 heavy (non-hydrogen) atoms. The lowest BCUT2D eigenvalue weighted by Gasteiger charge is -2.11. The fourth-order valence-corrected chi connectivity index (χ4v) is 2.78. The Labute approximate surface area is 120 Å². The molecule has 0 heteroatoms. The van der Waals surface area contributed by atoms with Crippen molar-refractivity contribution in [3.63, 3.8) is 0 Å². The molecular formula is C20H18. The molecule has 3 aromatic carbocycles. The largest absolute Gasteiger partial charge is 0.0622 e. The maximum absolute atomic E-state index is 2.26. The summed E-state index contributed by atoms with van der Waals surface area (Å²) in [5.41, 5.74) is 5.24. The molecule has 0 aliphatic carbocycles. The quantitative estimate of drug-likeness (QED) is 0.516. The Morgan fingerprint density at radius 3 is 2.30 bits per heavy atom. The first-order valence-electron chi connectivity index (χ1n) is 6.98. The number of fused-ring (bicyclic) bond motifs is 1. The van der Waals surface area contributed by atoms with Crippen LogP contribution in [0.15, 0.2) is 66.7 Å². The van der Waals surface area contributed by atoms with E-state index in [0.717, 1.165) is 0 Å². The van der Waals surface area contributed by atoms with E-state index in [1.165, 1.54) is 33.0 Å². The third-order valence-electron chi connectivity index (χ3n) is 3.71. The van der Waals surface area contributed by atoms with Crippen molar-refractivity contribution in [2.45, 2.75) is 13.8 Å². The van der Waals surface area contributed by atoms with Gasteiger partial charge in [-0.25, -0.2) is 0 Å². The molecule has 0 heterocycles. The molecule has 0 nitrogen and oxygen atoms in total.